The van der Waals surface area contributed by atoms with Crippen LogP contribution in [0.15, 0.2) is 54.9 Å². The van der Waals surface area contributed by atoms with E-state index in [4.69, 9.17) is 4.74 Å². The second-order valence-electron chi connectivity index (χ2n) is 6.53. The number of benzene rings is 2. The normalized spacial score (nSPS) is 15.8. The average molecular weight is 334 g/mol. The van der Waals surface area contributed by atoms with E-state index in [0.29, 0.717) is 6.42 Å². The molecule has 0 saturated heterocycles. The van der Waals surface area contributed by atoms with Crippen molar-refractivity contribution >= 4 is 0 Å². The van der Waals surface area contributed by atoms with E-state index < -0.39 is 0 Å². The van der Waals surface area contributed by atoms with Gasteiger partial charge in [0.1, 0.15) is 11.9 Å². The molecule has 4 nitrogen and oxygen atoms in total. The van der Waals surface area contributed by atoms with Gasteiger partial charge in [-0.3, -0.25) is 0 Å². The zero-order valence-corrected chi connectivity index (χ0v) is 14.4. The van der Waals surface area contributed by atoms with Gasteiger partial charge >= 0.3 is 0 Å². The predicted octanol–water partition coefficient (Wildman–Crippen LogP) is 3.92. The van der Waals surface area contributed by atoms with E-state index in [9.17, 15) is 5.11 Å². The van der Waals surface area contributed by atoms with Crippen molar-refractivity contribution in [2.24, 2.45) is 0 Å². The lowest BCUT2D eigenvalue weighted by atomic mass is 10.0. The summed E-state index contributed by atoms with van der Waals surface area (Å²) in [7, 11) is 0. The van der Waals surface area contributed by atoms with Crippen molar-refractivity contribution in [2.45, 2.75) is 32.4 Å². The van der Waals surface area contributed by atoms with Crippen molar-refractivity contribution in [1.29, 1.82) is 0 Å². The predicted molar refractivity (Wildman–Crippen MR) is 98.6 cm³/mol. The first-order valence-electron chi connectivity index (χ1n) is 8.77. The Labute approximate surface area is 147 Å². The summed E-state index contributed by atoms with van der Waals surface area (Å²) in [5, 5.41) is 9.22. The van der Waals surface area contributed by atoms with E-state index in [1.807, 2.05) is 24.5 Å². The number of rotatable bonds is 5. The van der Waals surface area contributed by atoms with Crippen LogP contribution in [0, 0.1) is 0 Å². The largest absolute Gasteiger partial charge is 0.490 e. The van der Waals surface area contributed by atoms with E-state index in [-0.39, 0.29) is 12.7 Å². The molecule has 0 unspecified atom stereocenters. The van der Waals surface area contributed by atoms with Crippen molar-refractivity contribution in [3.05, 3.63) is 60.4 Å². The van der Waals surface area contributed by atoms with Gasteiger partial charge in [-0.25, -0.2) is 4.98 Å². The number of hydrogen-bond donors (Lipinski definition) is 1. The lowest BCUT2D eigenvalue weighted by Gasteiger charge is -2.11. The highest BCUT2D eigenvalue weighted by atomic mass is 16.5. The summed E-state index contributed by atoms with van der Waals surface area (Å²) in [6.07, 6.45) is 3.76. The Balaban J connectivity index is 1.82. The highest BCUT2D eigenvalue weighted by Crippen LogP contribution is 2.36. The molecule has 1 aliphatic rings. The van der Waals surface area contributed by atoms with Gasteiger partial charge in [-0.05, 0) is 37.1 Å². The maximum atomic E-state index is 9.22. The third-order valence-corrected chi connectivity index (χ3v) is 4.61. The summed E-state index contributed by atoms with van der Waals surface area (Å²) < 4.78 is 7.97. The van der Waals surface area contributed by atoms with Crippen LogP contribution in [0.4, 0.5) is 0 Å². The van der Waals surface area contributed by atoms with E-state index in [1.54, 1.807) is 0 Å². The molecule has 0 amide bonds. The molecular formula is C21H22N2O2. The Kier molecular flexibility index (Phi) is 4.28. The number of imidazole rings is 1. The molecule has 128 valence electrons. The summed E-state index contributed by atoms with van der Waals surface area (Å²) in [5.41, 5.74) is 5.57. The van der Waals surface area contributed by atoms with Crippen LogP contribution in [0.25, 0.3) is 22.5 Å². The van der Waals surface area contributed by atoms with Gasteiger partial charge in [0.2, 0.25) is 0 Å². The van der Waals surface area contributed by atoms with Gasteiger partial charge in [0.25, 0.3) is 0 Å². The van der Waals surface area contributed by atoms with Gasteiger partial charge in [-0.2, -0.15) is 0 Å². The minimum Gasteiger partial charge on any atom is -0.490 e. The molecule has 4 heteroatoms. The summed E-state index contributed by atoms with van der Waals surface area (Å²) in [4.78, 5) is 4.67. The fourth-order valence-corrected chi connectivity index (χ4v) is 3.47. The number of aliphatic hydroxyl groups excluding tert-OH is 1. The summed E-state index contributed by atoms with van der Waals surface area (Å²) >= 11 is 0. The second-order valence-corrected chi connectivity index (χ2v) is 6.53. The highest BCUT2D eigenvalue weighted by Gasteiger charge is 2.21. The Morgan fingerprint density at radius 2 is 2.00 bits per heavy atom. The number of aromatic nitrogens is 2. The Hall–Kier alpha value is -2.59. The van der Waals surface area contributed by atoms with Crippen molar-refractivity contribution in [3.63, 3.8) is 0 Å². The molecule has 0 radical (unpaired) electrons. The third kappa shape index (κ3) is 3.05. The molecule has 0 bridgehead atoms. The molecule has 2 aromatic carbocycles. The first kappa shape index (κ1) is 15.9. The molecule has 0 saturated carbocycles. The van der Waals surface area contributed by atoms with E-state index in [2.05, 4.69) is 46.8 Å². The summed E-state index contributed by atoms with van der Waals surface area (Å²) in [6, 6.07) is 16.6. The average Bonchev–Trinajstić information content (AvgIpc) is 3.22. The molecule has 25 heavy (non-hydrogen) atoms. The quantitative estimate of drug-likeness (QED) is 0.769. The van der Waals surface area contributed by atoms with E-state index >= 15 is 0 Å². The molecule has 3 aromatic rings. The van der Waals surface area contributed by atoms with Crippen molar-refractivity contribution < 1.29 is 9.84 Å². The zero-order chi connectivity index (χ0) is 17.2. The van der Waals surface area contributed by atoms with E-state index in [0.717, 1.165) is 41.2 Å². The molecule has 1 aliphatic heterocycles. The van der Waals surface area contributed by atoms with Crippen molar-refractivity contribution in [1.82, 2.24) is 9.55 Å². The van der Waals surface area contributed by atoms with Gasteiger partial charge < -0.3 is 14.4 Å². The Bertz CT molecular complexity index is 871. The molecule has 1 aromatic heterocycles. The molecular weight excluding hydrogens is 312 g/mol. The second kappa shape index (κ2) is 6.73. The lowest BCUT2D eigenvalue weighted by molar-refractivity contribution is 0.254. The fourth-order valence-electron chi connectivity index (χ4n) is 3.47. The molecule has 2 heterocycles. The van der Waals surface area contributed by atoms with Crippen LogP contribution < -0.4 is 4.74 Å². The van der Waals surface area contributed by atoms with Crippen LogP contribution in [0.3, 0.4) is 0 Å². The number of fused-ring (bicyclic) bond motifs is 1. The monoisotopic (exact) mass is 334 g/mol. The van der Waals surface area contributed by atoms with Gasteiger partial charge in [-0.15, -0.1) is 0 Å². The molecule has 1 atom stereocenters. The van der Waals surface area contributed by atoms with Crippen LogP contribution in [0.2, 0.25) is 0 Å². The van der Waals surface area contributed by atoms with Gasteiger partial charge in [0, 0.05) is 30.7 Å². The maximum absolute atomic E-state index is 9.22. The molecule has 4 rings (SSSR count). The first-order chi connectivity index (χ1) is 12.3. The molecule has 0 spiro atoms. The van der Waals surface area contributed by atoms with E-state index in [1.165, 1.54) is 5.56 Å². The minimum absolute atomic E-state index is 0.174. The van der Waals surface area contributed by atoms with Crippen LogP contribution in [-0.2, 0) is 13.0 Å². The SMILES string of the molecule is C[C@H]1Cc2cc(-c3c(-c4ccccc4)ncn3CCCO)ccc2O1. The minimum atomic E-state index is 0.174. The number of ether oxygens (including phenoxy) is 1. The van der Waals surface area contributed by atoms with Gasteiger partial charge in [0.15, 0.2) is 0 Å². The zero-order valence-electron chi connectivity index (χ0n) is 14.4. The number of nitrogens with zero attached hydrogens (tertiary/aromatic N) is 2. The van der Waals surface area contributed by atoms with Crippen molar-refractivity contribution in [3.8, 4) is 28.3 Å². The smallest absolute Gasteiger partial charge is 0.123 e. The number of aryl methyl sites for hydroxylation is 1. The number of hydrogen-bond acceptors (Lipinski definition) is 3. The summed E-state index contributed by atoms with van der Waals surface area (Å²) in [6.45, 7) is 3.02. The maximum Gasteiger partial charge on any atom is 0.123 e. The van der Waals surface area contributed by atoms with Crippen LogP contribution >= 0.6 is 0 Å². The summed E-state index contributed by atoms with van der Waals surface area (Å²) in [5.74, 6) is 0.985. The molecule has 0 aliphatic carbocycles. The van der Waals surface area contributed by atoms with Crippen LogP contribution in [0.1, 0.15) is 18.9 Å². The molecule has 0 fully saturated rings. The first-order valence-corrected chi connectivity index (χ1v) is 8.77. The van der Waals surface area contributed by atoms with Gasteiger partial charge in [-0.1, -0.05) is 30.3 Å². The Morgan fingerprint density at radius 3 is 2.80 bits per heavy atom. The standard InChI is InChI=1S/C21H22N2O2/c1-15-12-18-13-17(8-9-19(18)25-15)21-20(16-6-3-2-4-7-16)22-14-23(21)10-5-11-24/h2-4,6-9,13-15,24H,5,10-12H2,1H3/t15-/m0/s1. The molecule has 1 N–H and O–H groups in total. The Morgan fingerprint density at radius 1 is 1.16 bits per heavy atom. The van der Waals surface area contributed by atoms with Crippen LogP contribution in [0.5, 0.6) is 5.75 Å². The third-order valence-electron chi connectivity index (χ3n) is 4.61. The number of aliphatic hydroxyl groups is 1. The van der Waals surface area contributed by atoms with Crippen LogP contribution in [-0.4, -0.2) is 27.4 Å². The lowest BCUT2D eigenvalue weighted by Crippen LogP contribution is -2.05. The fraction of sp³-hybridized carbons (Fsp3) is 0.286. The topological polar surface area (TPSA) is 47.3 Å². The van der Waals surface area contributed by atoms with Gasteiger partial charge in [0.05, 0.1) is 17.7 Å². The highest BCUT2D eigenvalue weighted by molar-refractivity contribution is 5.79. The van der Waals surface area contributed by atoms with Crippen molar-refractivity contribution in [2.75, 3.05) is 6.61 Å².